The molecule has 1 aliphatic carbocycles. The molecule has 0 aromatic heterocycles. The first kappa shape index (κ1) is 16.1. The molecule has 1 atom stereocenters. The van der Waals surface area contributed by atoms with Crippen LogP contribution in [-0.4, -0.2) is 18.3 Å². The third-order valence-electron chi connectivity index (χ3n) is 5.11. The summed E-state index contributed by atoms with van der Waals surface area (Å²) in [6.45, 7) is 13.1. The number of hydrogen-bond donors (Lipinski definition) is 0. The van der Waals surface area contributed by atoms with Gasteiger partial charge in [0.05, 0.1) is 11.2 Å². The van der Waals surface area contributed by atoms with E-state index in [0.29, 0.717) is 0 Å². The summed E-state index contributed by atoms with van der Waals surface area (Å²) in [6, 6.07) is 0. The van der Waals surface area contributed by atoms with Crippen molar-refractivity contribution in [3.05, 3.63) is 11.5 Å². The van der Waals surface area contributed by atoms with Gasteiger partial charge in [-0.15, -0.1) is 0 Å². The average molecular weight is 278 g/mol. The molecule has 2 nitrogen and oxygen atoms in total. The Kier molecular flexibility index (Phi) is 4.71. The molecule has 20 heavy (non-hydrogen) atoms. The van der Waals surface area contributed by atoms with Gasteiger partial charge in [-0.1, -0.05) is 25.4 Å². The Bertz CT molecular complexity index is 355. The third kappa shape index (κ3) is 3.68. The Morgan fingerprint density at radius 1 is 1.20 bits per heavy atom. The summed E-state index contributed by atoms with van der Waals surface area (Å²) in [4.78, 5) is 0. The molecule has 0 aromatic rings. The van der Waals surface area contributed by atoms with Crippen LogP contribution in [0.4, 0.5) is 0 Å². The Morgan fingerprint density at radius 3 is 2.35 bits per heavy atom. The van der Waals surface area contributed by atoms with Crippen molar-refractivity contribution in [2.45, 2.75) is 84.8 Å². The Labute approximate surface area is 125 Å². The van der Waals surface area contributed by atoms with E-state index in [1.807, 2.05) is 0 Å². The first-order valence-electron chi connectivity index (χ1n) is 8.25. The average Bonchev–Trinajstić information content (AvgIpc) is 2.46. The zero-order valence-electron chi connectivity index (χ0n) is 14.2. The second-order valence-electron chi connectivity index (χ2n) is 8.04. The quantitative estimate of drug-likeness (QED) is 0.692. The zero-order chi connectivity index (χ0) is 15.0. The molecule has 2 rings (SSSR count). The number of hydrogen-bond acceptors (Lipinski definition) is 2. The second-order valence-corrected chi connectivity index (χ2v) is 8.04. The van der Waals surface area contributed by atoms with Gasteiger partial charge in [-0.2, -0.15) is 0 Å². The van der Waals surface area contributed by atoms with Crippen LogP contribution in [0.1, 0.15) is 73.6 Å². The predicted molar refractivity (Wildman–Crippen MR) is 85.6 cm³/mol. The van der Waals surface area contributed by atoms with Crippen LogP contribution in [0, 0.1) is 11.8 Å². The van der Waals surface area contributed by atoms with Crippen molar-refractivity contribution in [2.24, 2.45) is 11.8 Å². The largest absolute Gasteiger partial charge is 0.487 e. The normalized spacial score (nSPS) is 31.2. The van der Waals surface area contributed by atoms with Crippen molar-refractivity contribution in [2.75, 3.05) is 0 Å². The Morgan fingerprint density at radius 2 is 1.80 bits per heavy atom. The lowest BCUT2D eigenvalue weighted by molar-refractivity contribution is 0.00578. The topological polar surface area (TPSA) is 18.5 Å². The van der Waals surface area contributed by atoms with Crippen molar-refractivity contribution < 1.29 is 9.31 Å². The van der Waals surface area contributed by atoms with E-state index >= 15 is 0 Å². The van der Waals surface area contributed by atoms with E-state index in [1.54, 1.807) is 5.57 Å². The van der Waals surface area contributed by atoms with E-state index in [0.717, 1.165) is 11.8 Å². The molecule has 1 aliphatic heterocycles. The van der Waals surface area contributed by atoms with Gasteiger partial charge in [0.25, 0.3) is 0 Å². The van der Waals surface area contributed by atoms with Crippen LogP contribution in [0.15, 0.2) is 11.5 Å². The van der Waals surface area contributed by atoms with Crippen LogP contribution >= 0.6 is 0 Å². The van der Waals surface area contributed by atoms with E-state index in [-0.39, 0.29) is 18.3 Å². The Balaban J connectivity index is 1.98. The minimum atomic E-state index is -0.222. The summed E-state index contributed by atoms with van der Waals surface area (Å²) in [6.07, 6.45) is 6.52. The van der Waals surface area contributed by atoms with Crippen LogP contribution in [0.3, 0.4) is 0 Å². The van der Waals surface area contributed by atoms with Gasteiger partial charge in [0.2, 0.25) is 0 Å². The van der Waals surface area contributed by atoms with Gasteiger partial charge in [-0.3, -0.25) is 0 Å². The van der Waals surface area contributed by atoms with E-state index in [2.05, 4.69) is 47.5 Å². The monoisotopic (exact) mass is 278 g/mol. The molecule has 0 amide bonds. The summed E-state index contributed by atoms with van der Waals surface area (Å²) < 4.78 is 12.2. The standard InChI is InChI=1S/C17H31BO2/c1-13(2)10-14-8-7-9-15(11-14)12-18-19-16(3,4)17(5,6)20-18/h12-14H,7-11H2,1-6H3/b15-12+. The zero-order valence-corrected chi connectivity index (χ0v) is 14.2. The fraction of sp³-hybridized carbons (Fsp3) is 0.882. The summed E-state index contributed by atoms with van der Waals surface area (Å²) >= 11 is 0. The molecular formula is C17H31BO2. The molecule has 0 aromatic carbocycles. The smallest absolute Gasteiger partial charge is 0.400 e. The molecule has 114 valence electrons. The molecule has 1 saturated carbocycles. The van der Waals surface area contributed by atoms with Crippen molar-refractivity contribution in [3.8, 4) is 0 Å². The fourth-order valence-corrected chi connectivity index (χ4v) is 3.36. The lowest BCUT2D eigenvalue weighted by Gasteiger charge is -2.32. The highest BCUT2D eigenvalue weighted by atomic mass is 16.7. The third-order valence-corrected chi connectivity index (χ3v) is 5.11. The van der Waals surface area contributed by atoms with Gasteiger partial charge in [-0.25, -0.2) is 0 Å². The highest BCUT2D eigenvalue weighted by Crippen LogP contribution is 2.39. The summed E-state index contributed by atoms with van der Waals surface area (Å²) in [5.41, 5.74) is 1.10. The molecule has 0 radical (unpaired) electrons. The molecule has 1 saturated heterocycles. The lowest BCUT2D eigenvalue weighted by Crippen LogP contribution is -2.41. The van der Waals surface area contributed by atoms with Gasteiger partial charge in [0.15, 0.2) is 0 Å². The lowest BCUT2D eigenvalue weighted by atomic mass is 9.76. The SMILES string of the molecule is CC(C)CC1CCC/C(=C\B2OC(C)(C)C(C)(C)O2)C1. The maximum atomic E-state index is 6.08. The fourth-order valence-electron chi connectivity index (χ4n) is 3.36. The van der Waals surface area contributed by atoms with Crippen molar-refractivity contribution in [3.63, 3.8) is 0 Å². The molecule has 2 fully saturated rings. The highest BCUT2D eigenvalue weighted by Gasteiger charge is 2.50. The minimum absolute atomic E-state index is 0.159. The molecular weight excluding hydrogens is 247 g/mol. The van der Waals surface area contributed by atoms with Gasteiger partial charge >= 0.3 is 7.12 Å². The Hall–Kier alpha value is -0.275. The van der Waals surface area contributed by atoms with Crippen molar-refractivity contribution in [1.29, 1.82) is 0 Å². The van der Waals surface area contributed by atoms with Gasteiger partial charge in [-0.05, 0) is 71.6 Å². The van der Waals surface area contributed by atoms with Crippen LogP contribution in [-0.2, 0) is 9.31 Å². The van der Waals surface area contributed by atoms with E-state index < -0.39 is 0 Å². The summed E-state index contributed by atoms with van der Waals surface area (Å²) in [5, 5.41) is 0. The summed E-state index contributed by atoms with van der Waals surface area (Å²) in [7, 11) is -0.159. The molecule has 0 bridgehead atoms. The second kappa shape index (κ2) is 5.85. The van der Waals surface area contributed by atoms with Crippen molar-refractivity contribution in [1.82, 2.24) is 0 Å². The van der Waals surface area contributed by atoms with E-state index in [9.17, 15) is 0 Å². The van der Waals surface area contributed by atoms with E-state index in [1.165, 1.54) is 32.1 Å². The van der Waals surface area contributed by atoms with Gasteiger partial charge < -0.3 is 9.31 Å². The van der Waals surface area contributed by atoms with Crippen LogP contribution in [0.5, 0.6) is 0 Å². The molecule has 0 N–H and O–H groups in total. The molecule has 3 heteroatoms. The highest BCUT2D eigenvalue weighted by molar-refractivity contribution is 6.51. The molecule has 1 heterocycles. The predicted octanol–water partition coefficient (Wildman–Crippen LogP) is 4.78. The number of rotatable bonds is 3. The van der Waals surface area contributed by atoms with Crippen LogP contribution in [0.25, 0.3) is 0 Å². The minimum Gasteiger partial charge on any atom is -0.400 e. The summed E-state index contributed by atoms with van der Waals surface area (Å²) in [5.74, 6) is 3.91. The van der Waals surface area contributed by atoms with Crippen LogP contribution in [0.2, 0.25) is 0 Å². The maximum Gasteiger partial charge on any atom is 0.487 e. The molecule has 0 spiro atoms. The first-order valence-corrected chi connectivity index (χ1v) is 8.25. The van der Waals surface area contributed by atoms with E-state index in [4.69, 9.17) is 9.31 Å². The van der Waals surface area contributed by atoms with Crippen molar-refractivity contribution >= 4 is 7.12 Å². The maximum absolute atomic E-state index is 6.08. The number of allylic oxidation sites excluding steroid dienone is 1. The molecule has 1 unspecified atom stereocenters. The van der Waals surface area contributed by atoms with Gasteiger partial charge in [0.1, 0.15) is 0 Å². The molecule has 2 aliphatic rings. The first-order chi connectivity index (χ1) is 9.19. The van der Waals surface area contributed by atoms with Crippen LogP contribution < -0.4 is 0 Å². The van der Waals surface area contributed by atoms with Gasteiger partial charge in [0, 0.05) is 0 Å².